The molecule has 92 valence electrons. The summed E-state index contributed by atoms with van der Waals surface area (Å²) in [5.74, 6) is 0. The highest BCUT2D eigenvalue weighted by Crippen LogP contribution is 2.31. The minimum absolute atomic E-state index is 0.646. The number of rotatable bonds is 1. The van der Waals surface area contributed by atoms with Crippen LogP contribution in [0.3, 0.4) is 0 Å². The second-order valence-electron chi connectivity index (χ2n) is 3.79. The van der Waals surface area contributed by atoms with Gasteiger partial charge in [-0.2, -0.15) is 13.2 Å². The molecule has 0 saturated carbocycles. The molecule has 0 spiro atoms. The largest absolute Gasteiger partial charge is 0.416 e. The standard InChI is InChI=1S/C12H7F3N2S/c13-12(14,15)9-3-1-8(2-4-9)10-7-17-5-6-18-11(17)16-10/h1-7H. The maximum Gasteiger partial charge on any atom is 0.416 e. The van der Waals surface area contributed by atoms with Gasteiger partial charge in [0, 0.05) is 23.3 Å². The van der Waals surface area contributed by atoms with E-state index in [1.165, 1.54) is 23.5 Å². The van der Waals surface area contributed by atoms with E-state index < -0.39 is 11.7 Å². The fourth-order valence-corrected chi connectivity index (χ4v) is 2.40. The van der Waals surface area contributed by atoms with Crippen molar-refractivity contribution < 1.29 is 13.2 Å². The molecule has 0 unspecified atom stereocenters. The summed E-state index contributed by atoms with van der Waals surface area (Å²) in [6.07, 6.45) is -0.637. The first-order valence-corrected chi connectivity index (χ1v) is 6.02. The molecule has 0 fully saturated rings. The van der Waals surface area contributed by atoms with Crippen LogP contribution < -0.4 is 0 Å². The van der Waals surface area contributed by atoms with Crippen LogP contribution in [0, 0.1) is 0 Å². The van der Waals surface area contributed by atoms with E-state index in [1.54, 1.807) is 6.20 Å². The number of halogens is 3. The summed E-state index contributed by atoms with van der Waals surface area (Å²) in [7, 11) is 0. The Labute approximate surface area is 104 Å². The molecule has 0 N–H and O–H groups in total. The lowest BCUT2D eigenvalue weighted by molar-refractivity contribution is -0.137. The summed E-state index contributed by atoms with van der Waals surface area (Å²) in [6.45, 7) is 0. The Kier molecular flexibility index (Phi) is 2.41. The Bertz CT molecular complexity index is 651. The number of nitrogens with zero attached hydrogens (tertiary/aromatic N) is 2. The molecule has 0 aliphatic rings. The van der Waals surface area contributed by atoms with E-state index in [4.69, 9.17) is 0 Å². The lowest BCUT2D eigenvalue weighted by Crippen LogP contribution is -2.03. The van der Waals surface area contributed by atoms with Gasteiger partial charge in [0.2, 0.25) is 0 Å². The third-order valence-electron chi connectivity index (χ3n) is 2.60. The molecule has 2 nitrogen and oxygen atoms in total. The number of hydrogen-bond donors (Lipinski definition) is 0. The zero-order chi connectivity index (χ0) is 12.8. The first-order chi connectivity index (χ1) is 8.54. The topological polar surface area (TPSA) is 17.3 Å². The molecule has 0 radical (unpaired) electrons. The fraction of sp³-hybridized carbons (Fsp3) is 0.0833. The fourth-order valence-electron chi connectivity index (χ4n) is 1.70. The quantitative estimate of drug-likeness (QED) is 0.650. The molecule has 0 aliphatic heterocycles. The van der Waals surface area contributed by atoms with Gasteiger partial charge in [0.1, 0.15) is 0 Å². The van der Waals surface area contributed by atoms with E-state index in [0.29, 0.717) is 11.3 Å². The van der Waals surface area contributed by atoms with Crippen LogP contribution in [0.4, 0.5) is 13.2 Å². The normalized spacial score (nSPS) is 12.2. The van der Waals surface area contributed by atoms with Crippen molar-refractivity contribution in [3.63, 3.8) is 0 Å². The Morgan fingerprint density at radius 2 is 1.83 bits per heavy atom. The van der Waals surface area contributed by atoms with Crippen LogP contribution in [0.15, 0.2) is 42.0 Å². The summed E-state index contributed by atoms with van der Waals surface area (Å²) >= 11 is 1.48. The van der Waals surface area contributed by atoms with Crippen molar-refractivity contribution in [1.29, 1.82) is 0 Å². The van der Waals surface area contributed by atoms with Gasteiger partial charge >= 0.3 is 6.18 Å². The van der Waals surface area contributed by atoms with Crippen molar-refractivity contribution in [3.05, 3.63) is 47.6 Å². The third-order valence-corrected chi connectivity index (χ3v) is 3.37. The third kappa shape index (κ3) is 1.88. The number of fused-ring (bicyclic) bond motifs is 1. The van der Waals surface area contributed by atoms with E-state index in [-0.39, 0.29) is 0 Å². The number of alkyl halides is 3. The predicted molar refractivity (Wildman–Crippen MR) is 63.5 cm³/mol. The van der Waals surface area contributed by atoms with E-state index in [1.807, 2.05) is 16.0 Å². The maximum absolute atomic E-state index is 12.4. The Morgan fingerprint density at radius 3 is 2.44 bits per heavy atom. The van der Waals surface area contributed by atoms with E-state index >= 15 is 0 Å². The van der Waals surface area contributed by atoms with Crippen LogP contribution in [0.5, 0.6) is 0 Å². The lowest BCUT2D eigenvalue weighted by Gasteiger charge is -2.06. The molecule has 0 amide bonds. The van der Waals surface area contributed by atoms with Gasteiger partial charge in [-0.15, -0.1) is 11.3 Å². The molecule has 2 aromatic heterocycles. The van der Waals surface area contributed by atoms with Crippen LogP contribution in [0.2, 0.25) is 0 Å². The van der Waals surface area contributed by atoms with Crippen molar-refractivity contribution in [1.82, 2.24) is 9.38 Å². The maximum atomic E-state index is 12.4. The highest BCUT2D eigenvalue weighted by Gasteiger charge is 2.30. The zero-order valence-corrected chi connectivity index (χ0v) is 9.79. The number of aromatic nitrogens is 2. The number of imidazole rings is 1. The van der Waals surface area contributed by atoms with Gasteiger partial charge in [0.15, 0.2) is 4.96 Å². The van der Waals surface area contributed by atoms with E-state index in [9.17, 15) is 13.2 Å². The number of hydrogen-bond acceptors (Lipinski definition) is 2. The van der Waals surface area contributed by atoms with Crippen molar-refractivity contribution in [2.45, 2.75) is 6.18 Å². The van der Waals surface area contributed by atoms with E-state index in [0.717, 1.165) is 17.1 Å². The number of benzene rings is 1. The summed E-state index contributed by atoms with van der Waals surface area (Å²) < 4.78 is 39.1. The summed E-state index contributed by atoms with van der Waals surface area (Å²) in [6, 6.07) is 5.02. The highest BCUT2D eigenvalue weighted by molar-refractivity contribution is 7.15. The molecule has 2 heterocycles. The van der Waals surface area contributed by atoms with Gasteiger partial charge in [-0.3, -0.25) is 4.40 Å². The highest BCUT2D eigenvalue weighted by atomic mass is 32.1. The van der Waals surface area contributed by atoms with Crippen molar-refractivity contribution in [3.8, 4) is 11.3 Å². The van der Waals surface area contributed by atoms with Crippen molar-refractivity contribution in [2.75, 3.05) is 0 Å². The van der Waals surface area contributed by atoms with Gasteiger partial charge in [-0.05, 0) is 12.1 Å². The molecule has 0 saturated heterocycles. The SMILES string of the molecule is FC(F)(F)c1ccc(-c2cn3ccsc3n2)cc1. The minimum Gasteiger partial charge on any atom is -0.297 e. The zero-order valence-electron chi connectivity index (χ0n) is 8.98. The Balaban J connectivity index is 2.00. The monoisotopic (exact) mass is 268 g/mol. The molecule has 18 heavy (non-hydrogen) atoms. The molecule has 0 atom stereocenters. The second-order valence-corrected chi connectivity index (χ2v) is 4.67. The predicted octanol–water partition coefficient (Wildman–Crippen LogP) is 4.08. The molecule has 6 heteroatoms. The molecule has 3 rings (SSSR count). The van der Waals surface area contributed by atoms with Gasteiger partial charge < -0.3 is 0 Å². The van der Waals surface area contributed by atoms with Crippen molar-refractivity contribution in [2.24, 2.45) is 0 Å². The van der Waals surface area contributed by atoms with Gasteiger partial charge in [-0.25, -0.2) is 4.98 Å². The Hall–Kier alpha value is -1.82. The van der Waals surface area contributed by atoms with Crippen LogP contribution >= 0.6 is 11.3 Å². The first-order valence-electron chi connectivity index (χ1n) is 5.14. The van der Waals surface area contributed by atoms with Crippen LogP contribution in [-0.4, -0.2) is 9.38 Å². The van der Waals surface area contributed by atoms with Crippen molar-refractivity contribution >= 4 is 16.3 Å². The van der Waals surface area contributed by atoms with Gasteiger partial charge in [0.25, 0.3) is 0 Å². The molecule has 1 aromatic carbocycles. The van der Waals surface area contributed by atoms with Gasteiger partial charge in [0.05, 0.1) is 11.3 Å². The molecule has 0 aliphatic carbocycles. The average Bonchev–Trinajstić information content (AvgIpc) is 2.88. The smallest absolute Gasteiger partial charge is 0.297 e. The summed E-state index contributed by atoms with van der Waals surface area (Å²) in [4.78, 5) is 5.16. The molecule has 3 aromatic rings. The van der Waals surface area contributed by atoms with Crippen LogP contribution in [0.25, 0.3) is 16.2 Å². The summed E-state index contributed by atoms with van der Waals surface area (Å²) in [5, 5.41) is 1.90. The molecular formula is C12H7F3N2S. The first kappa shape index (κ1) is 11.3. The summed E-state index contributed by atoms with van der Waals surface area (Å²) in [5.41, 5.74) is 0.710. The van der Waals surface area contributed by atoms with Crippen LogP contribution in [0.1, 0.15) is 5.56 Å². The Morgan fingerprint density at radius 1 is 1.11 bits per heavy atom. The van der Waals surface area contributed by atoms with E-state index in [2.05, 4.69) is 4.98 Å². The number of thiazole rings is 1. The average molecular weight is 268 g/mol. The molecular weight excluding hydrogens is 261 g/mol. The second kappa shape index (κ2) is 3.84. The lowest BCUT2D eigenvalue weighted by atomic mass is 10.1. The van der Waals surface area contributed by atoms with Crippen LogP contribution in [-0.2, 0) is 6.18 Å². The minimum atomic E-state index is -4.30. The molecule has 0 bridgehead atoms. The van der Waals surface area contributed by atoms with Gasteiger partial charge in [-0.1, -0.05) is 12.1 Å².